The molecule has 0 aliphatic carbocycles. The van der Waals surface area contributed by atoms with Gasteiger partial charge in [0.05, 0.1) is 0 Å². The molecule has 12 heavy (non-hydrogen) atoms. The normalized spacial score (nSPS) is 10.8. The van der Waals surface area contributed by atoms with Crippen LogP contribution in [0.15, 0.2) is 0 Å². The van der Waals surface area contributed by atoms with Gasteiger partial charge in [-0.25, -0.2) is 0 Å². The molecule has 0 radical (unpaired) electrons. The number of rotatable bonds is 5. The molecule has 0 saturated carbocycles. The third-order valence-corrected chi connectivity index (χ3v) is 1.29. The molecule has 0 heterocycles. The average molecular weight is 201 g/mol. The van der Waals surface area contributed by atoms with Gasteiger partial charge in [0.2, 0.25) is 0 Å². The molecule has 0 saturated heterocycles. The van der Waals surface area contributed by atoms with Crippen LogP contribution in [0.1, 0.15) is 19.3 Å². The molecular formula is C6H17ClN2O3. The lowest BCUT2D eigenvalue weighted by Crippen LogP contribution is -2.29. The van der Waals surface area contributed by atoms with E-state index in [4.69, 9.17) is 16.6 Å². The van der Waals surface area contributed by atoms with Crippen molar-refractivity contribution in [1.82, 2.24) is 0 Å². The van der Waals surface area contributed by atoms with Gasteiger partial charge in [0.15, 0.2) is 0 Å². The third-order valence-electron chi connectivity index (χ3n) is 1.29. The van der Waals surface area contributed by atoms with Gasteiger partial charge in [-0.15, -0.1) is 12.4 Å². The number of carboxylic acid groups (broad SMARTS) is 1. The lowest BCUT2D eigenvalue weighted by Gasteiger charge is -2.03. The average Bonchev–Trinajstić information content (AvgIpc) is 1.88. The van der Waals surface area contributed by atoms with Crippen molar-refractivity contribution in [3.63, 3.8) is 0 Å². The van der Waals surface area contributed by atoms with E-state index in [0.29, 0.717) is 13.0 Å². The van der Waals surface area contributed by atoms with Crippen LogP contribution in [0.2, 0.25) is 0 Å². The minimum absolute atomic E-state index is 0. The van der Waals surface area contributed by atoms with E-state index in [2.05, 4.69) is 0 Å². The molecule has 0 bridgehead atoms. The Morgan fingerprint density at radius 2 is 1.92 bits per heavy atom. The first-order valence-electron chi connectivity index (χ1n) is 3.37. The van der Waals surface area contributed by atoms with Crippen molar-refractivity contribution in [2.24, 2.45) is 11.5 Å². The Morgan fingerprint density at radius 3 is 2.25 bits per heavy atom. The number of hydrogen-bond donors (Lipinski definition) is 3. The first-order chi connectivity index (χ1) is 4.68. The molecule has 1 atom stereocenters. The zero-order valence-corrected chi connectivity index (χ0v) is 7.64. The predicted octanol–water partition coefficient (Wildman–Crippen LogP) is -0.876. The Kier molecular flexibility index (Phi) is 15.7. The van der Waals surface area contributed by atoms with E-state index in [9.17, 15) is 4.79 Å². The lowest BCUT2D eigenvalue weighted by molar-refractivity contribution is -0.138. The van der Waals surface area contributed by atoms with Crippen molar-refractivity contribution < 1.29 is 15.4 Å². The van der Waals surface area contributed by atoms with Gasteiger partial charge in [-0.3, -0.25) is 4.79 Å². The Labute approximate surface area is 77.8 Å². The van der Waals surface area contributed by atoms with Gasteiger partial charge in [-0.05, 0) is 19.4 Å². The van der Waals surface area contributed by atoms with Gasteiger partial charge in [-0.1, -0.05) is 6.42 Å². The predicted molar refractivity (Wildman–Crippen MR) is 49.4 cm³/mol. The fraction of sp³-hybridized carbons (Fsp3) is 0.833. The van der Waals surface area contributed by atoms with Crippen LogP contribution < -0.4 is 11.5 Å². The van der Waals surface area contributed by atoms with E-state index in [1.165, 1.54) is 0 Å². The lowest BCUT2D eigenvalue weighted by atomic mass is 10.1. The van der Waals surface area contributed by atoms with Crippen LogP contribution in [-0.2, 0) is 4.79 Å². The van der Waals surface area contributed by atoms with Crippen LogP contribution in [0.25, 0.3) is 0 Å². The molecule has 5 nitrogen and oxygen atoms in total. The molecule has 0 amide bonds. The SMILES string of the molecule is Cl.NCCCCC(N)C(=O)O.O. The Bertz CT molecular complexity index is 113. The maximum atomic E-state index is 10.1. The zero-order valence-electron chi connectivity index (χ0n) is 6.82. The highest BCUT2D eigenvalue weighted by Crippen LogP contribution is 1.96. The fourth-order valence-corrected chi connectivity index (χ4v) is 0.632. The summed E-state index contributed by atoms with van der Waals surface area (Å²) in [6.07, 6.45) is 2.16. The second-order valence-electron chi connectivity index (χ2n) is 2.23. The standard InChI is InChI=1S/C6H14N2O2.ClH.H2O/c7-4-2-1-3-5(8)6(9)10;;/h5H,1-4,7-8H2,(H,9,10);1H;1H2. The monoisotopic (exact) mass is 200 g/mol. The number of halogens is 1. The summed E-state index contributed by atoms with van der Waals surface area (Å²) < 4.78 is 0. The largest absolute Gasteiger partial charge is 0.480 e. The van der Waals surface area contributed by atoms with Crippen LogP contribution in [0, 0.1) is 0 Å². The highest BCUT2D eigenvalue weighted by molar-refractivity contribution is 5.85. The molecule has 0 aromatic rings. The van der Waals surface area contributed by atoms with E-state index in [1.54, 1.807) is 0 Å². The molecule has 0 aliphatic rings. The van der Waals surface area contributed by atoms with Gasteiger partial charge in [-0.2, -0.15) is 0 Å². The summed E-state index contributed by atoms with van der Waals surface area (Å²) in [7, 11) is 0. The second kappa shape index (κ2) is 10.6. The number of hydrogen-bond acceptors (Lipinski definition) is 3. The number of unbranched alkanes of at least 4 members (excludes halogenated alkanes) is 1. The van der Waals surface area contributed by atoms with Crippen molar-refractivity contribution in [3.05, 3.63) is 0 Å². The first-order valence-corrected chi connectivity index (χ1v) is 3.37. The molecule has 6 heteroatoms. The molecule has 1 unspecified atom stereocenters. The molecular weight excluding hydrogens is 184 g/mol. The molecule has 7 N–H and O–H groups in total. The molecule has 0 aromatic heterocycles. The van der Waals surface area contributed by atoms with E-state index in [-0.39, 0.29) is 17.9 Å². The molecule has 0 spiro atoms. The van der Waals surface area contributed by atoms with Gasteiger partial charge in [0.25, 0.3) is 0 Å². The quantitative estimate of drug-likeness (QED) is 0.499. The molecule has 76 valence electrons. The van der Waals surface area contributed by atoms with Crippen molar-refractivity contribution in [1.29, 1.82) is 0 Å². The maximum Gasteiger partial charge on any atom is 0.320 e. The summed E-state index contributed by atoms with van der Waals surface area (Å²) in [4.78, 5) is 10.1. The van der Waals surface area contributed by atoms with E-state index < -0.39 is 12.0 Å². The Morgan fingerprint density at radius 1 is 1.42 bits per heavy atom. The van der Waals surface area contributed by atoms with Crippen LogP contribution in [-0.4, -0.2) is 29.1 Å². The third kappa shape index (κ3) is 9.64. The van der Waals surface area contributed by atoms with Gasteiger partial charge >= 0.3 is 5.97 Å². The molecule has 0 rings (SSSR count). The minimum Gasteiger partial charge on any atom is -0.480 e. The number of nitrogens with two attached hydrogens (primary N) is 2. The van der Waals surface area contributed by atoms with Crippen molar-refractivity contribution in [2.75, 3.05) is 6.54 Å². The number of aliphatic carboxylic acids is 1. The van der Waals surface area contributed by atoms with Crippen molar-refractivity contribution >= 4 is 18.4 Å². The smallest absolute Gasteiger partial charge is 0.320 e. The zero-order chi connectivity index (χ0) is 7.98. The van der Waals surface area contributed by atoms with Crippen LogP contribution >= 0.6 is 12.4 Å². The molecule has 0 aromatic carbocycles. The van der Waals surface area contributed by atoms with Gasteiger partial charge in [0, 0.05) is 0 Å². The highest BCUT2D eigenvalue weighted by Gasteiger charge is 2.09. The van der Waals surface area contributed by atoms with Crippen molar-refractivity contribution in [2.45, 2.75) is 25.3 Å². The highest BCUT2D eigenvalue weighted by atomic mass is 35.5. The summed E-state index contributed by atoms with van der Waals surface area (Å²) in [6, 6.07) is -0.716. The Balaban J connectivity index is -0.000000405. The van der Waals surface area contributed by atoms with Gasteiger partial charge in [0.1, 0.15) is 6.04 Å². The Hall–Kier alpha value is -0.360. The molecule has 0 fully saturated rings. The van der Waals surface area contributed by atoms with Gasteiger partial charge < -0.3 is 22.1 Å². The minimum atomic E-state index is -0.933. The van der Waals surface area contributed by atoms with E-state index in [0.717, 1.165) is 12.8 Å². The second-order valence-corrected chi connectivity index (χ2v) is 2.23. The summed E-state index contributed by atoms with van der Waals surface area (Å²) in [5.74, 6) is -0.933. The van der Waals surface area contributed by atoms with Crippen LogP contribution in [0.3, 0.4) is 0 Å². The molecule has 0 aliphatic heterocycles. The van der Waals surface area contributed by atoms with Crippen molar-refractivity contribution in [3.8, 4) is 0 Å². The van der Waals surface area contributed by atoms with Crippen LogP contribution in [0.4, 0.5) is 0 Å². The summed E-state index contributed by atoms with van der Waals surface area (Å²) in [5.41, 5.74) is 10.4. The van der Waals surface area contributed by atoms with Crippen LogP contribution in [0.5, 0.6) is 0 Å². The van der Waals surface area contributed by atoms with E-state index in [1.807, 2.05) is 0 Å². The summed E-state index contributed by atoms with van der Waals surface area (Å²) >= 11 is 0. The summed E-state index contributed by atoms with van der Waals surface area (Å²) in [6.45, 7) is 0.604. The topological polar surface area (TPSA) is 121 Å². The fourth-order valence-electron chi connectivity index (χ4n) is 0.632. The number of carbonyl (C=O) groups is 1. The number of carboxylic acids is 1. The maximum absolute atomic E-state index is 10.1. The van der Waals surface area contributed by atoms with E-state index >= 15 is 0 Å². The summed E-state index contributed by atoms with van der Waals surface area (Å²) in [5, 5.41) is 8.33. The first kappa shape index (κ1) is 17.7.